The summed E-state index contributed by atoms with van der Waals surface area (Å²) in [5.74, 6) is 1.59. The summed E-state index contributed by atoms with van der Waals surface area (Å²) in [6, 6.07) is 8.15. The van der Waals surface area contributed by atoms with E-state index in [1.165, 1.54) is 6.33 Å². The zero-order chi connectivity index (χ0) is 20.6. The van der Waals surface area contributed by atoms with Crippen LogP contribution in [0.5, 0.6) is 0 Å². The number of aromatic nitrogens is 4. The molecule has 3 aromatic rings. The molecule has 0 spiro atoms. The van der Waals surface area contributed by atoms with Crippen molar-refractivity contribution in [1.29, 1.82) is 0 Å². The topological polar surface area (TPSA) is 91.3 Å². The molecular formula is C20H28IN7OS. The molecule has 30 heavy (non-hydrogen) atoms. The second-order valence-electron chi connectivity index (χ2n) is 6.62. The number of hydrogen-bond donors (Lipinski definition) is 2. The molecule has 0 aliphatic rings. The Hall–Kier alpha value is -2.05. The molecule has 0 amide bonds. The van der Waals surface area contributed by atoms with Crippen molar-refractivity contribution in [3.05, 3.63) is 52.2 Å². The standard InChI is InChI=1S/C20H27N7OS.HI/c1-5-21-20(27(3)11-17-12-29-19(25-17)14(2)28-4)22-10-15-7-6-8-16(9-15)18-23-13-24-26-18;/h6-9,12-14H,5,10-11H2,1-4H3,(H,21,22)(H,23,24,26);1H. The Morgan fingerprint density at radius 3 is 2.93 bits per heavy atom. The first kappa shape index (κ1) is 24.2. The number of nitrogens with one attached hydrogen (secondary N) is 2. The van der Waals surface area contributed by atoms with Gasteiger partial charge in [0.2, 0.25) is 0 Å². The number of thiazole rings is 1. The van der Waals surface area contributed by atoms with E-state index < -0.39 is 0 Å². The van der Waals surface area contributed by atoms with E-state index in [1.807, 2.05) is 26.1 Å². The van der Waals surface area contributed by atoms with Crippen molar-refractivity contribution in [2.24, 2.45) is 4.99 Å². The molecule has 2 N–H and O–H groups in total. The summed E-state index contributed by atoms with van der Waals surface area (Å²) >= 11 is 1.62. The molecule has 1 atom stereocenters. The van der Waals surface area contributed by atoms with Crippen molar-refractivity contribution in [3.8, 4) is 11.4 Å². The number of ether oxygens (including phenoxy) is 1. The highest BCUT2D eigenvalue weighted by Gasteiger charge is 2.13. The molecule has 0 fully saturated rings. The number of rotatable bonds is 8. The minimum atomic E-state index is 0. The third-order valence-electron chi connectivity index (χ3n) is 4.39. The Morgan fingerprint density at radius 1 is 1.40 bits per heavy atom. The van der Waals surface area contributed by atoms with E-state index in [2.05, 4.69) is 54.8 Å². The Kier molecular flexibility index (Phi) is 9.66. The molecule has 0 radical (unpaired) electrons. The predicted molar refractivity (Wildman–Crippen MR) is 131 cm³/mol. The van der Waals surface area contributed by atoms with E-state index in [-0.39, 0.29) is 30.1 Å². The van der Waals surface area contributed by atoms with Gasteiger partial charge in [-0.25, -0.2) is 15.0 Å². The number of nitrogens with zero attached hydrogens (tertiary/aromatic N) is 5. The molecule has 2 aromatic heterocycles. The number of methoxy groups -OCH3 is 1. The number of hydrogen-bond acceptors (Lipinski definition) is 6. The normalized spacial score (nSPS) is 12.3. The largest absolute Gasteiger partial charge is 0.375 e. The number of guanidine groups is 1. The summed E-state index contributed by atoms with van der Waals surface area (Å²) in [5.41, 5.74) is 3.11. The number of H-pyrrole nitrogens is 1. The first-order chi connectivity index (χ1) is 14.1. The molecule has 0 saturated heterocycles. The van der Waals surface area contributed by atoms with Gasteiger partial charge < -0.3 is 15.0 Å². The minimum Gasteiger partial charge on any atom is -0.375 e. The van der Waals surface area contributed by atoms with Crippen LogP contribution in [0.3, 0.4) is 0 Å². The SMILES string of the molecule is CCNC(=NCc1cccc(-c2ncn[nH]2)c1)N(C)Cc1csc(C(C)OC)n1.I. The van der Waals surface area contributed by atoms with Crippen LogP contribution in [0.2, 0.25) is 0 Å². The van der Waals surface area contributed by atoms with Crippen LogP contribution in [-0.2, 0) is 17.8 Å². The molecule has 8 nitrogen and oxygen atoms in total. The number of benzene rings is 1. The lowest BCUT2D eigenvalue weighted by atomic mass is 10.1. The van der Waals surface area contributed by atoms with Gasteiger partial charge in [-0.1, -0.05) is 18.2 Å². The number of aliphatic imine (C=N–C) groups is 1. The highest BCUT2D eigenvalue weighted by Crippen LogP contribution is 2.21. The zero-order valence-corrected chi connectivity index (χ0v) is 20.8. The molecule has 1 aromatic carbocycles. The Bertz CT molecular complexity index is 929. The quantitative estimate of drug-likeness (QED) is 0.256. The maximum atomic E-state index is 5.35. The second-order valence-corrected chi connectivity index (χ2v) is 7.51. The number of halogens is 1. The fraction of sp³-hybridized carbons (Fsp3) is 0.400. The van der Waals surface area contributed by atoms with E-state index in [1.54, 1.807) is 18.4 Å². The van der Waals surface area contributed by atoms with E-state index in [0.29, 0.717) is 13.1 Å². The van der Waals surface area contributed by atoms with Crippen molar-refractivity contribution in [1.82, 2.24) is 30.4 Å². The molecule has 10 heteroatoms. The summed E-state index contributed by atoms with van der Waals surface area (Å²) in [6.07, 6.45) is 1.52. The summed E-state index contributed by atoms with van der Waals surface area (Å²) in [5, 5.41) is 13.2. The smallest absolute Gasteiger partial charge is 0.194 e. The molecule has 0 aliphatic heterocycles. The van der Waals surface area contributed by atoms with E-state index in [4.69, 9.17) is 9.73 Å². The molecule has 2 heterocycles. The monoisotopic (exact) mass is 541 g/mol. The second kappa shape index (κ2) is 12.0. The van der Waals surface area contributed by atoms with Gasteiger partial charge in [0.25, 0.3) is 0 Å². The maximum absolute atomic E-state index is 5.35. The molecule has 0 bridgehead atoms. The lowest BCUT2D eigenvalue weighted by Gasteiger charge is -2.21. The van der Waals surface area contributed by atoms with Crippen LogP contribution in [0.15, 0.2) is 41.0 Å². The molecule has 0 aliphatic carbocycles. The van der Waals surface area contributed by atoms with Crippen molar-refractivity contribution in [2.75, 3.05) is 20.7 Å². The van der Waals surface area contributed by atoms with Gasteiger partial charge in [0.15, 0.2) is 11.8 Å². The van der Waals surface area contributed by atoms with Crippen molar-refractivity contribution >= 4 is 41.3 Å². The van der Waals surface area contributed by atoms with Crippen LogP contribution >= 0.6 is 35.3 Å². The van der Waals surface area contributed by atoms with Crippen LogP contribution in [-0.4, -0.2) is 51.7 Å². The summed E-state index contributed by atoms with van der Waals surface area (Å²) in [7, 11) is 3.72. The fourth-order valence-electron chi connectivity index (χ4n) is 2.80. The summed E-state index contributed by atoms with van der Waals surface area (Å²) < 4.78 is 5.35. The molecule has 162 valence electrons. The minimum absolute atomic E-state index is 0. The molecule has 0 saturated carbocycles. The lowest BCUT2D eigenvalue weighted by molar-refractivity contribution is 0.119. The molecule has 3 rings (SSSR count). The average molecular weight is 541 g/mol. The lowest BCUT2D eigenvalue weighted by Crippen LogP contribution is -2.38. The van der Waals surface area contributed by atoms with Crippen molar-refractivity contribution < 1.29 is 4.74 Å². The van der Waals surface area contributed by atoms with E-state index in [9.17, 15) is 0 Å². The van der Waals surface area contributed by atoms with Gasteiger partial charge in [-0.05, 0) is 25.5 Å². The van der Waals surface area contributed by atoms with Crippen LogP contribution in [0.25, 0.3) is 11.4 Å². The van der Waals surface area contributed by atoms with Crippen molar-refractivity contribution in [2.45, 2.75) is 33.0 Å². The average Bonchev–Trinajstić information content (AvgIpc) is 3.43. The summed E-state index contributed by atoms with van der Waals surface area (Å²) in [6.45, 7) is 6.11. The van der Waals surface area contributed by atoms with Gasteiger partial charge in [-0.3, -0.25) is 5.10 Å². The van der Waals surface area contributed by atoms with Crippen LogP contribution in [0.1, 0.15) is 36.2 Å². The fourth-order valence-corrected chi connectivity index (χ4v) is 3.64. The van der Waals surface area contributed by atoms with Crippen molar-refractivity contribution in [3.63, 3.8) is 0 Å². The third kappa shape index (κ3) is 6.47. The Labute approximate surface area is 198 Å². The van der Waals surface area contributed by atoms with E-state index >= 15 is 0 Å². The first-order valence-corrected chi connectivity index (χ1v) is 10.4. The summed E-state index contributed by atoms with van der Waals surface area (Å²) in [4.78, 5) is 15.8. The molecule has 1 unspecified atom stereocenters. The van der Waals surface area contributed by atoms with Crippen LogP contribution in [0, 0.1) is 0 Å². The van der Waals surface area contributed by atoms with Gasteiger partial charge in [-0.15, -0.1) is 35.3 Å². The highest BCUT2D eigenvalue weighted by molar-refractivity contribution is 14.0. The van der Waals surface area contributed by atoms with Gasteiger partial charge in [0.05, 0.1) is 18.8 Å². The van der Waals surface area contributed by atoms with Crippen LogP contribution in [0.4, 0.5) is 0 Å². The van der Waals surface area contributed by atoms with Gasteiger partial charge in [-0.2, -0.15) is 5.10 Å². The maximum Gasteiger partial charge on any atom is 0.194 e. The molecular weight excluding hydrogens is 513 g/mol. The predicted octanol–water partition coefficient (Wildman–Crippen LogP) is 3.85. The van der Waals surface area contributed by atoms with E-state index in [0.717, 1.165) is 40.2 Å². The third-order valence-corrected chi connectivity index (χ3v) is 5.45. The Balaban J connectivity index is 0.00000320. The van der Waals surface area contributed by atoms with Gasteiger partial charge in [0.1, 0.15) is 17.4 Å². The zero-order valence-electron chi connectivity index (χ0n) is 17.6. The first-order valence-electron chi connectivity index (χ1n) is 9.52. The van der Waals surface area contributed by atoms with Gasteiger partial charge in [0, 0.05) is 31.6 Å². The van der Waals surface area contributed by atoms with Crippen LogP contribution < -0.4 is 5.32 Å². The van der Waals surface area contributed by atoms with Gasteiger partial charge >= 0.3 is 0 Å². The number of aromatic amines is 1. The Morgan fingerprint density at radius 2 is 2.23 bits per heavy atom. The highest BCUT2D eigenvalue weighted by atomic mass is 127.